The van der Waals surface area contributed by atoms with Crippen molar-refractivity contribution in [3.8, 4) is 0 Å². The molecule has 0 amide bonds. The van der Waals surface area contributed by atoms with E-state index in [4.69, 9.17) is 13.8 Å². The van der Waals surface area contributed by atoms with Crippen molar-refractivity contribution >= 4 is 72.5 Å². The third-order valence-electron chi connectivity index (χ3n) is 8.06. The zero-order chi connectivity index (χ0) is 26.8. The van der Waals surface area contributed by atoms with Crippen molar-refractivity contribution in [2.24, 2.45) is 0 Å². The lowest BCUT2D eigenvalue weighted by molar-refractivity contribution is 0.601. The number of aromatic nitrogens is 1. The quantitative estimate of drug-likeness (QED) is 0.228. The van der Waals surface area contributed by atoms with Crippen LogP contribution in [0.4, 0.5) is 17.1 Å². The number of pyridine rings is 1. The van der Waals surface area contributed by atoms with Gasteiger partial charge in [0.2, 0.25) is 0 Å². The van der Waals surface area contributed by atoms with Gasteiger partial charge < -0.3 is 13.7 Å². The van der Waals surface area contributed by atoms with Crippen LogP contribution in [0.2, 0.25) is 0 Å². The van der Waals surface area contributed by atoms with E-state index in [0.29, 0.717) is 0 Å². The molecule has 8 rings (SSSR count). The number of rotatable bonds is 2. The lowest BCUT2D eigenvalue weighted by Gasteiger charge is -2.29. The van der Waals surface area contributed by atoms with Crippen molar-refractivity contribution in [3.63, 3.8) is 0 Å². The van der Waals surface area contributed by atoms with Crippen LogP contribution in [0.5, 0.6) is 0 Å². The molecule has 0 atom stereocenters. The van der Waals surface area contributed by atoms with Gasteiger partial charge in [0.15, 0.2) is 5.58 Å². The minimum Gasteiger partial charge on any atom is -0.456 e. The highest BCUT2D eigenvalue weighted by Crippen LogP contribution is 2.47. The summed E-state index contributed by atoms with van der Waals surface area (Å²) in [5.74, 6) is 0.877. The molecule has 0 spiro atoms. The second kappa shape index (κ2) is 8.72. The number of anilines is 3. The number of fused-ring (bicyclic) bond motifs is 6. The van der Waals surface area contributed by atoms with Gasteiger partial charge in [-0.15, -0.1) is 0 Å². The highest BCUT2D eigenvalue weighted by Gasteiger charge is 2.25. The van der Waals surface area contributed by atoms with E-state index in [1.807, 2.05) is 18.3 Å². The van der Waals surface area contributed by atoms with Crippen LogP contribution in [-0.2, 0) is 0 Å². The Hall–Kier alpha value is -5.09. The molecule has 4 heterocycles. The van der Waals surface area contributed by atoms with E-state index in [1.54, 1.807) is 0 Å². The lowest BCUT2D eigenvalue weighted by atomic mass is 9.97. The molecule has 7 aromatic rings. The molecule has 0 aliphatic carbocycles. The van der Waals surface area contributed by atoms with E-state index in [1.165, 1.54) is 16.3 Å². The van der Waals surface area contributed by atoms with E-state index in [0.717, 1.165) is 73.4 Å². The van der Waals surface area contributed by atoms with Crippen LogP contribution < -0.4 is 4.90 Å². The molecule has 4 heteroatoms. The van der Waals surface area contributed by atoms with Crippen LogP contribution in [0, 0.1) is 6.92 Å². The lowest BCUT2D eigenvalue weighted by Crippen LogP contribution is -2.13. The van der Waals surface area contributed by atoms with Crippen molar-refractivity contribution in [2.45, 2.75) is 20.3 Å². The Bertz CT molecular complexity index is 2180. The predicted molar refractivity (Wildman–Crippen MR) is 166 cm³/mol. The van der Waals surface area contributed by atoms with Gasteiger partial charge in [0.25, 0.3) is 0 Å². The fraction of sp³-hybridized carbons (Fsp3) is 0.0833. The van der Waals surface area contributed by atoms with E-state index in [-0.39, 0.29) is 0 Å². The van der Waals surface area contributed by atoms with Crippen LogP contribution in [0.25, 0.3) is 55.5 Å². The summed E-state index contributed by atoms with van der Waals surface area (Å²) in [6, 6.07) is 29.9. The monoisotopic (exact) mass is 518 g/mol. The number of aryl methyl sites for hydroxylation is 1. The van der Waals surface area contributed by atoms with Gasteiger partial charge in [-0.1, -0.05) is 55.5 Å². The minimum atomic E-state index is 0.790. The van der Waals surface area contributed by atoms with Gasteiger partial charge in [0.05, 0.1) is 11.4 Å². The number of allylic oxidation sites excluding steroid dienone is 3. The van der Waals surface area contributed by atoms with Crippen molar-refractivity contribution in [3.05, 3.63) is 120 Å². The van der Waals surface area contributed by atoms with Gasteiger partial charge in [-0.3, -0.25) is 4.98 Å². The molecule has 0 unspecified atom stereocenters. The fourth-order valence-electron chi connectivity index (χ4n) is 6.09. The van der Waals surface area contributed by atoms with Gasteiger partial charge in [-0.05, 0) is 84.3 Å². The molecule has 1 aliphatic heterocycles. The summed E-state index contributed by atoms with van der Waals surface area (Å²) in [5, 5.41) is 4.51. The second-order valence-corrected chi connectivity index (χ2v) is 10.3. The molecular weight excluding hydrogens is 492 g/mol. The smallest absolute Gasteiger partial charge is 0.153 e. The first-order chi connectivity index (χ1) is 19.7. The van der Waals surface area contributed by atoms with Crippen molar-refractivity contribution in [1.29, 1.82) is 0 Å². The molecule has 192 valence electrons. The van der Waals surface area contributed by atoms with E-state index < -0.39 is 0 Å². The summed E-state index contributed by atoms with van der Waals surface area (Å²) < 4.78 is 12.7. The molecule has 0 radical (unpaired) electrons. The third kappa shape index (κ3) is 3.36. The van der Waals surface area contributed by atoms with Crippen molar-refractivity contribution in [1.82, 2.24) is 4.98 Å². The number of nitrogens with zero attached hydrogens (tertiary/aromatic N) is 2. The number of benzene rings is 4. The molecule has 2 bridgehead atoms. The minimum absolute atomic E-state index is 0.790. The summed E-state index contributed by atoms with van der Waals surface area (Å²) in [7, 11) is 0. The zero-order valence-corrected chi connectivity index (χ0v) is 22.3. The largest absolute Gasteiger partial charge is 0.456 e. The van der Waals surface area contributed by atoms with Crippen LogP contribution in [-0.4, -0.2) is 4.98 Å². The third-order valence-corrected chi connectivity index (χ3v) is 8.06. The maximum Gasteiger partial charge on any atom is 0.153 e. The topological polar surface area (TPSA) is 42.4 Å². The Morgan fingerprint density at radius 3 is 2.55 bits per heavy atom. The number of hydrogen-bond acceptors (Lipinski definition) is 4. The zero-order valence-electron chi connectivity index (χ0n) is 22.3. The summed E-state index contributed by atoms with van der Waals surface area (Å²) in [5.41, 5.74) is 10.1. The molecule has 4 nitrogen and oxygen atoms in total. The summed E-state index contributed by atoms with van der Waals surface area (Å²) in [6.45, 7) is 4.35. The van der Waals surface area contributed by atoms with Crippen molar-refractivity contribution < 1.29 is 8.83 Å². The average Bonchev–Trinajstić information content (AvgIpc) is 3.51. The molecule has 0 saturated heterocycles. The Labute approximate surface area is 231 Å². The first kappa shape index (κ1) is 22.9. The van der Waals surface area contributed by atoms with Gasteiger partial charge >= 0.3 is 0 Å². The number of furan rings is 2. The fourth-order valence-corrected chi connectivity index (χ4v) is 6.09. The molecule has 4 aromatic carbocycles. The first-order valence-electron chi connectivity index (χ1n) is 13.7. The Balaban J connectivity index is 1.55. The summed E-state index contributed by atoms with van der Waals surface area (Å²) in [4.78, 5) is 7.08. The molecule has 0 N–H and O–H groups in total. The number of hydrogen-bond donors (Lipinski definition) is 0. The highest BCUT2D eigenvalue weighted by molar-refractivity contribution is 6.09. The van der Waals surface area contributed by atoms with E-state index >= 15 is 0 Å². The van der Waals surface area contributed by atoms with E-state index in [2.05, 4.69) is 110 Å². The Morgan fingerprint density at radius 1 is 0.775 bits per heavy atom. The van der Waals surface area contributed by atoms with Crippen LogP contribution in [0.3, 0.4) is 0 Å². The maximum atomic E-state index is 6.37. The van der Waals surface area contributed by atoms with Gasteiger partial charge in [-0.25, -0.2) is 0 Å². The van der Waals surface area contributed by atoms with Gasteiger partial charge in [0.1, 0.15) is 22.4 Å². The van der Waals surface area contributed by atoms with E-state index in [9.17, 15) is 0 Å². The maximum absolute atomic E-state index is 6.37. The summed E-state index contributed by atoms with van der Waals surface area (Å²) >= 11 is 0. The van der Waals surface area contributed by atoms with Gasteiger partial charge in [0, 0.05) is 33.8 Å². The van der Waals surface area contributed by atoms with Gasteiger partial charge in [-0.2, -0.15) is 0 Å². The summed E-state index contributed by atoms with van der Waals surface area (Å²) in [6.07, 6.45) is 9.06. The molecule has 40 heavy (non-hydrogen) atoms. The molecular formula is C36H26N2O2. The van der Waals surface area contributed by atoms with Crippen LogP contribution >= 0.6 is 0 Å². The predicted octanol–water partition coefficient (Wildman–Crippen LogP) is 10.5. The Kier molecular flexibility index (Phi) is 4.98. The first-order valence-corrected chi connectivity index (χ1v) is 13.7. The average molecular weight is 519 g/mol. The molecule has 0 saturated carbocycles. The van der Waals surface area contributed by atoms with Crippen molar-refractivity contribution in [2.75, 3.05) is 4.90 Å². The second-order valence-electron chi connectivity index (χ2n) is 10.3. The molecule has 0 fully saturated rings. The highest BCUT2D eigenvalue weighted by atomic mass is 16.3. The SMILES string of the molecule is CCC1=CC=Cc2oc3cccc(c3c2C)N(c2ccc3ccccc3c2)c2cc3c(cc21)oc1cccnc13. The van der Waals surface area contributed by atoms with Crippen LogP contribution in [0.15, 0.2) is 112 Å². The van der Waals surface area contributed by atoms with Crippen LogP contribution in [0.1, 0.15) is 30.2 Å². The Morgan fingerprint density at radius 2 is 1.65 bits per heavy atom. The normalized spacial score (nSPS) is 13.3. The molecule has 1 aliphatic rings. The molecule has 3 aromatic heterocycles. The standard InChI is InChI=1S/C36H26N2O2/c1-3-23-11-6-13-31-22(2)35-29(12-7-14-32(35)39-31)38(26-17-16-24-9-4-5-10-25(24)19-26)30-20-28-34(21-27(23)30)40-33-15-8-18-37-36(28)33/h4-21H,3H2,1-2H3.